The van der Waals surface area contributed by atoms with E-state index in [1.807, 2.05) is 0 Å². The maximum absolute atomic E-state index is 11.0. The second-order valence-electron chi connectivity index (χ2n) is 15.1. The first-order valence-corrected chi connectivity index (χ1v) is 14.8. The minimum Gasteiger partial charge on any atom is -0.393 e. The number of allylic oxidation sites excluding steroid dienone is 1. The molecule has 0 aliphatic heterocycles. The quantitative estimate of drug-likeness (QED) is 0.421. The van der Waals surface area contributed by atoms with Gasteiger partial charge in [-0.2, -0.15) is 0 Å². The van der Waals surface area contributed by atoms with Gasteiger partial charge in [0.25, 0.3) is 0 Å². The molecular formula is C32H54O2. The summed E-state index contributed by atoms with van der Waals surface area (Å²) in [6.07, 6.45) is 12.9. The van der Waals surface area contributed by atoms with Gasteiger partial charge in [0.15, 0.2) is 0 Å². The number of ether oxygens (including phenoxy) is 1. The van der Waals surface area contributed by atoms with E-state index in [0.29, 0.717) is 33.5 Å². The summed E-state index contributed by atoms with van der Waals surface area (Å²) in [4.78, 5) is 0. The highest BCUT2D eigenvalue weighted by Crippen LogP contribution is 2.77. The van der Waals surface area contributed by atoms with Gasteiger partial charge in [-0.05, 0) is 135 Å². The van der Waals surface area contributed by atoms with Crippen LogP contribution in [0.3, 0.4) is 0 Å². The largest absolute Gasteiger partial charge is 0.393 e. The molecular weight excluding hydrogens is 416 g/mol. The summed E-state index contributed by atoms with van der Waals surface area (Å²) >= 11 is 0. The molecule has 0 aromatic heterocycles. The van der Waals surface area contributed by atoms with Gasteiger partial charge in [0.1, 0.15) is 0 Å². The van der Waals surface area contributed by atoms with Gasteiger partial charge in [-0.15, -0.1) is 0 Å². The molecule has 5 aliphatic carbocycles. The van der Waals surface area contributed by atoms with E-state index in [-0.39, 0.29) is 11.5 Å². The zero-order valence-electron chi connectivity index (χ0n) is 23.5. The van der Waals surface area contributed by atoms with Gasteiger partial charge in [-0.1, -0.05) is 46.8 Å². The molecule has 5 rings (SSSR count). The maximum atomic E-state index is 11.0. The summed E-state index contributed by atoms with van der Waals surface area (Å²) in [5, 5.41) is 11.0. The van der Waals surface area contributed by atoms with Crippen molar-refractivity contribution in [3.63, 3.8) is 0 Å². The number of fused-ring (bicyclic) bond motifs is 7. The number of hydrogen-bond donors (Lipinski definition) is 1. The standard InChI is InChI=1S/C32H54O2/c1-9-34-20-32-17-12-22(21(2)3)27(32)23-10-11-25-29(6)15-14-26(33)28(4,5)24(29)13-16-31(25,8)30(23,7)18-19-32/h22-27,33H,2,9-20H2,1,3-8H3/t22-,23+,24-,25+,26-,27+,29-,30+,31+,32+/m0/s1. The molecule has 5 saturated carbocycles. The Morgan fingerprint density at radius 1 is 0.853 bits per heavy atom. The zero-order valence-corrected chi connectivity index (χ0v) is 23.5. The normalized spacial score (nSPS) is 53.9. The van der Waals surface area contributed by atoms with E-state index in [0.717, 1.165) is 37.4 Å². The van der Waals surface area contributed by atoms with Gasteiger partial charge >= 0.3 is 0 Å². The van der Waals surface area contributed by atoms with Crippen molar-refractivity contribution in [1.29, 1.82) is 0 Å². The Morgan fingerprint density at radius 2 is 1.59 bits per heavy atom. The van der Waals surface area contributed by atoms with Crippen molar-refractivity contribution >= 4 is 0 Å². The maximum Gasteiger partial charge on any atom is 0.0594 e. The van der Waals surface area contributed by atoms with E-state index < -0.39 is 0 Å². The average Bonchev–Trinajstić information content (AvgIpc) is 3.16. The predicted octanol–water partition coefficient (Wildman–Crippen LogP) is 8.04. The van der Waals surface area contributed by atoms with Crippen molar-refractivity contribution < 1.29 is 9.84 Å². The lowest BCUT2D eigenvalue weighted by atomic mass is 9.32. The van der Waals surface area contributed by atoms with Crippen LogP contribution in [0.5, 0.6) is 0 Å². The van der Waals surface area contributed by atoms with Crippen molar-refractivity contribution in [3.8, 4) is 0 Å². The van der Waals surface area contributed by atoms with E-state index >= 15 is 0 Å². The van der Waals surface area contributed by atoms with Gasteiger partial charge in [0.2, 0.25) is 0 Å². The van der Waals surface area contributed by atoms with Crippen LogP contribution in [0.15, 0.2) is 12.2 Å². The summed E-state index contributed by atoms with van der Waals surface area (Å²) in [5.74, 6) is 3.67. The van der Waals surface area contributed by atoms with Gasteiger partial charge in [0, 0.05) is 6.61 Å². The summed E-state index contributed by atoms with van der Waals surface area (Å²) in [5.41, 5.74) is 3.03. The molecule has 2 heteroatoms. The summed E-state index contributed by atoms with van der Waals surface area (Å²) < 4.78 is 6.22. The van der Waals surface area contributed by atoms with Gasteiger partial charge in [0.05, 0.1) is 12.7 Å². The van der Waals surface area contributed by atoms with Crippen LogP contribution >= 0.6 is 0 Å². The molecule has 5 aliphatic rings. The molecule has 0 spiro atoms. The molecule has 0 aromatic rings. The van der Waals surface area contributed by atoms with E-state index in [1.165, 1.54) is 63.4 Å². The highest BCUT2D eigenvalue weighted by atomic mass is 16.5. The predicted molar refractivity (Wildman–Crippen MR) is 141 cm³/mol. The van der Waals surface area contributed by atoms with Crippen LogP contribution in [0.4, 0.5) is 0 Å². The molecule has 10 atom stereocenters. The minimum atomic E-state index is -0.134. The van der Waals surface area contributed by atoms with Gasteiger partial charge < -0.3 is 9.84 Å². The first kappa shape index (κ1) is 25.3. The smallest absolute Gasteiger partial charge is 0.0594 e. The van der Waals surface area contributed by atoms with Crippen LogP contribution in [-0.2, 0) is 4.74 Å². The summed E-state index contributed by atoms with van der Waals surface area (Å²) in [6.45, 7) is 23.6. The molecule has 194 valence electrons. The van der Waals surface area contributed by atoms with Gasteiger partial charge in [-0.25, -0.2) is 0 Å². The van der Waals surface area contributed by atoms with E-state index in [4.69, 9.17) is 4.74 Å². The molecule has 34 heavy (non-hydrogen) atoms. The monoisotopic (exact) mass is 470 g/mol. The number of rotatable bonds is 4. The van der Waals surface area contributed by atoms with E-state index in [2.05, 4.69) is 55.0 Å². The molecule has 0 saturated heterocycles. The molecule has 0 bridgehead atoms. The number of aliphatic hydroxyl groups is 1. The number of aliphatic hydroxyl groups excluding tert-OH is 1. The molecule has 0 aromatic carbocycles. The third kappa shape index (κ3) is 3.12. The fourth-order valence-electron chi connectivity index (χ4n) is 11.8. The van der Waals surface area contributed by atoms with Crippen LogP contribution < -0.4 is 0 Å². The summed E-state index contributed by atoms with van der Waals surface area (Å²) in [6, 6.07) is 0. The Bertz CT molecular complexity index is 816. The van der Waals surface area contributed by atoms with Crippen molar-refractivity contribution in [2.24, 2.45) is 56.7 Å². The highest BCUT2D eigenvalue weighted by Gasteiger charge is 2.70. The van der Waals surface area contributed by atoms with Crippen molar-refractivity contribution in [2.75, 3.05) is 13.2 Å². The molecule has 0 heterocycles. The topological polar surface area (TPSA) is 29.5 Å². The lowest BCUT2D eigenvalue weighted by Gasteiger charge is -2.73. The Labute approximate surface area is 210 Å². The lowest BCUT2D eigenvalue weighted by molar-refractivity contribution is -0.250. The van der Waals surface area contributed by atoms with Gasteiger partial charge in [-0.3, -0.25) is 0 Å². The van der Waals surface area contributed by atoms with Crippen LogP contribution in [-0.4, -0.2) is 24.4 Å². The molecule has 0 unspecified atom stereocenters. The molecule has 0 radical (unpaired) electrons. The fraction of sp³-hybridized carbons (Fsp3) is 0.938. The molecule has 5 fully saturated rings. The Morgan fingerprint density at radius 3 is 2.26 bits per heavy atom. The second kappa shape index (κ2) is 8.08. The van der Waals surface area contributed by atoms with E-state index in [9.17, 15) is 5.11 Å². The van der Waals surface area contributed by atoms with Crippen molar-refractivity contribution in [1.82, 2.24) is 0 Å². The van der Waals surface area contributed by atoms with Crippen LogP contribution in [0.1, 0.15) is 113 Å². The van der Waals surface area contributed by atoms with Crippen LogP contribution in [0, 0.1) is 56.7 Å². The zero-order chi connectivity index (χ0) is 24.7. The van der Waals surface area contributed by atoms with Crippen LogP contribution in [0.2, 0.25) is 0 Å². The third-order valence-electron chi connectivity index (χ3n) is 13.8. The first-order valence-electron chi connectivity index (χ1n) is 14.8. The Balaban J connectivity index is 1.53. The average molecular weight is 471 g/mol. The number of hydrogen-bond acceptors (Lipinski definition) is 2. The SMILES string of the molecule is C=C(C)[C@@H]1CC[C@]2(COCC)CC[C@]3(C)[C@H](CC[C@@H]4[C@@]5(C)CC[C@H](O)C(C)(C)[C@@H]5CC[C@]43C)[C@@H]12. The second-order valence-corrected chi connectivity index (χ2v) is 15.1. The molecule has 2 nitrogen and oxygen atoms in total. The fourth-order valence-corrected chi connectivity index (χ4v) is 11.8. The minimum absolute atomic E-state index is 0.0434. The van der Waals surface area contributed by atoms with Crippen molar-refractivity contribution in [2.45, 2.75) is 119 Å². The van der Waals surface area contributed by atoms with Crippen molar-refractivity contribution in [3.05, 3.63) is 12.2 Å². The molecule has 0 amide bonds. The Hall–Kier alpha value is -0.340. The molecule has 1 N–H and O–H groups in total. The third-order valence-corrected chi connectivity index (χ3v) is 13.8. The first-order chi connectivity index (χ1) is 15.9. The summed E-state index contributed by atoms with van der Waals surface area (Å²) in [7, 11) is 0. The lowest BCUT2D eigenvalue weighted by Crippen LogP contribution is -2.66. The van der Waals surface area contributed by atoms with Crippen LogP contribution in [0.25, 0.3) is 0 Å². The Kier molecular flexibility index (Phi) is 6.01. The van der Waals surface area contributed by atoms with E-state index in [1.54, 1.807) is 0 Å². The highest BCUT2D eigenvalue weighted by molar-refractivity contribution is 5.21.